The Labute approximate surface area is 192 Å². The molecule has 1 unspecified atom stereocenters. The first-order chi connectivity index (χ1) is 15.6. The summed E-state index contributed by atoms with van der Waals surface area (Å²) in [5, 5.41) is 5.77. The van der Waals surface area contributed by atoms with Gasteiger partial charge < -0.3 is 5.32 Å². The van der Waals surface area contributed by atoms with Gasteiger partial charge in [-0.05, 0) is 104 Å². The molecule has 2 aromatic heterocycles. The van der Waals surface area contributed by atoms with Gasteiger partial charge in [-0.15, -0.1) is 0 Å². The number of benzene rings is 2. The molecule has 0 radical (unpaired) electrons. The maximum atomic E-state index is 13.8. The van der Waals surface area contributed by atoms with E-state index in [4.69, 9.17) is 11.6 Å². The fourth-order valence-electron chi connectivity index (χ4n) is 5.16. The van der Waals surface area contributed by atoms with Gasteiger partial charge in [0, 0.05) is 23.0 Å². The van der Waals surface area contributed by atoms with Crippen molar-refractivity contribution in [2.24, 2.45) is 5.92 Å². The zero-order valence-corrected chi connectivity index (χ0v) is 18.8. The van der Waals surface area contributed by atoms with Gasteiger partial charge in [0.05, 0.1) is 11.0 Å². The van der Waals surface area contributed by atoms with Crippen LogP contribution in [0.4, 0.5) is 10.2 Å². The molecule has 2 aromatic carbocycles. The Morgan fingerprint density at radius 2 is 1.81 bits per heavy atom. The molecular formula is C26H26ClFN4. The van der Waals surface area contributed by atoms with E-state index in [1.165, 1.54) is 24.5 Å². The topological polar surface area (TPSA) is 50.7 Å². The summed E-state index contributed by atoms with van der Waals surface area (Å²) in [6, 6.07) is 15.2. The van der Waals surface area contributed by atoms with Gasteiger partial charge in [-0.2, -0.15) is 0 Å². The van der Waals surface area contributed by atoms with Crippen molar-refractivity contribution in [1.29, 1.82) is 0 Å². The summed E-state index contributed by atoms with van der Waals surface area (Å²) < 4.78 is 13.8. The number of para-hydroxylation sites is 1. The van der Waals surface area contributed by atoms with Crippen LogP contribution in [0.1, 0.15) is 50.5 Å². The van der Waals surface area contributed by atoms with Gasteiger partial charge in [0.15, 0.2) is 0 Å². The Morgan fingerprint density at radius 1 is 1.00 bits per heavy atom. The average Bonchev–Trinajstić information content (AvgIpc) is 2.79. The molecule has 4 nitrogen and oxygen atoms in total. The molecule has 0 spiro atoms. The van der Waals surface area contributed by atoms with E-state index in [9.17, 15) is 4.39 Å². The molecule has 6 heteroatoms. The second-order valence-corrected chi connectivity index (χ2v) is 9.26. The molecule has 1 saturated carbocycles. The van der Waals surface area contributed by atoms with Gasteiger partial charge in [0.2, 0.25) is 5.28 Å². The van der Waals surface area contributed by atoms with Gasteiger partial charge in [-0.1, -0.05) is 12.1 Å². The standard InChI is InChI=1S/C26H26ClFN4/c1-16(30-25-21-4-2-3-5-24(21)31-26(27)32-25)14-17-6-8-18(9-7-17)20-12-13-29-23-11-10-19(28)15-22(20)23/h2-5,10-13,15-18H,6-9,14H2,1H3,(H,30,31,32). The summed E-state index contributed by atoms with van der Waals surface area (Å²) in [6.45, 7) is 2.20. The number of hydrogen-bond donors (Lipinski definition) is 1. The largest absolute Gasteiger partial charge is 0.367 e. The summed E-state index contributed by atoms with van der Waals surface area (Å²) in [4.78, 5) is 13.1. The number of aromatic nitrogens is 3. The van der Waals surface area contributed by atoms with Crippen molar-refractivity contribution < 1.29 is 4.39 Å². The highest BCUT2D eigenvalue weighted by Gasteiger charge is 2.25. The molecular weight excluding hydrogens is 423 g/mol. The molecule has 1 N–H and O–H groups in total. The predicted molar refractivity (Wildman–Crippen MR) is 129 cm³/mol. The summed E-state index contributed by atoms with van der Waals surface area (Å²) in [7, 11) is 0. The van der Waals surface area contributed by atoms with E-state index in [1.54, 1.807) is 12.1 Å². The number of anilines is 1. The van der Waals surface area contributed by atoms with E-state index < -0.39 is 0 Å². The Balaban J connectivity index is 1.24. The normalized spacial score (nSPS) is 19.8. The molecule has 1 fully saturated rings. The molecule has 164 valence electrons. The number of fused-ring (bicyclic) bond motifs is 2. The van der Waals surface area contributed by atoms with Crippen LogP contribution >= 0.6 is 11.6 Å². The van der Waals surface area contributed by atoms with Crippen molar-refractivity contribution >= 4 is 39.2 Å². The van der Waals surface area contributed by atoms with Crippen LogP contribution < -0.4 is 5.32 Å². The molecule has 32 heavy (non-hydrogen) atoms. The third-order valence-corrected chi connectivity index (χ3v) is 6.84. The minimum Gasteiger partial charge on any atom is -0.367 e. The second-order valence-electron chi connectivity index (χ2n) is 8.92. The van der Waals surface area contributed by atoms with E-state index in [1.807, 2.05) is 30.5 Å². The van der Waals surface area contributed by atoms with Crippen LogP contribution in [0.2, 0.25) is 5.28 Å². The summed E-state index contributed by atoms with van der Waals surface area (Å²) in [6.07, 6.45) is 7.51. The molecule has 1 atom stereocenters. The number of halogens is 2. The number of rotatable bonds is 5. The van der Waals surface area contributed by atoms with E-state index in [0.29, 0.717) is 11.8 Å². The minimum absolute atomic E-state index is 0.197. The summed E-state index contributed by atoms with van der Waals surface area (Å²) in [5.74, 6) is 1.72. The fourth-order valence-corrected chi connectivity index (χ4v) is 5.33. The van der Waals surface area contributed by atoms with Gasteiger partial charge >= 0.3 is 0 Å². The van der Waals surface area contributed by atoms with Crippen molar-refractivity contribution in [3.05, 3.63) is 71.4 Å². The smallest absolute Gasteiger partial charge is 0.224 e. The van der Waals surface area contributed by atoms with Gasteiger partial charge in [0.1, 0.15) is 11.6 Å². The zero-order valence-electron chi connectivity index (χ0n) is 18.1. The monoisotopic (exact) mass is 448 g/mol. The first kappa shape index (κ1) is 21.1. The Kier molecular flexibility index (Phi) is 5.92. The first-order valence-corrected chi connectivity index (χ1v) is 11.7. The average molecular weight is 449 g/mol. The Bertz CT molecular complexity index is 1250. The highest BCUT2D eigenvalue weighted by molar-refractivity contribution is 6.28. The second kappa shape index (κ2) is 8.99. The van der Waals surface area contributed by atoms with Crippen molar-refractivity contribution in [1.82, 2.24) is 15.0 Å². The van der Waals surface area contributed by atoms with Crippen molar-refractivity contribution in [2.75, 3.05) is 5.32 Å². The molecule has 0 saturated heterocycles. The summed E-state index contributed by atoms with van der Waals surface area (Å²) >= 11 is 6.13. The van der Waals surface area contributed by atoms with Crippen LogP contribution in [0.5, 0.6) is 0 Å². The summed E-state index contributed by atoms with van der Waals surface area (Å²) in [5.41, 5.74) is 2.96. The Hall–Kier alpha value is -2.79. The third kappa shape index (κ3) is 4.40. The number of hydrogen-bond acceptors (Lipinski definition) is 4. The molecule has 0 aliphatic heterocycles. The van der Waals surface area contributed by atoms with Crippen LogP contribution in [0.15, 0.2) is 54.7 Å². The molecule has 0 amide bonds. The van der Waals surface area contributed by atoms with Crippen LogP contribution in [0.3, 0.4) is 0 Å². The van der Waals surface area contributed by atoms with Crippen LogP contribution in [0.25, 0.3) is 21.8 Å². The third-order valence-electron chi connectivity index (χ3n) is 6.67. The molecule has 2 heterocycles. The predicted octanol–water partition coefficient (Wildman–Crippen LogP) is 7.14. The first-order valence-electron chi connectivity index (χ1n) is 11.3. The lowest BCUT2D eigenvalue weighted by atomic mass is 9.76. The molecule has 0 bridgehead atoms. The molecule has 4 aromatic rings. The molecule has 1 aliphatic rings. The van der Waals surface area contributed by atoms with Crippen molar-refractivity contribution in [2.45, 2.75) is 51.0 Å². The Morgan fingerprint density at radius 3 is 2.66 bits per heavy atom. The SMILES string of the molecule is CC(CC1CCC(c2ccnc3ccc(F)cc23)CC1)Nc1nc(Cl)nc2ccccc12. The lowest BCUT2D eigenvalue weighted by Crippen LogP contribution is -2.23. The quantitative estimate of drug-likeness (QED) is 0.330. The lowest BCUT2D eigenvalue weighted by molar-refractivity contribution is 0.302. The minimum atomic E-state index is -0.197. The van der Waals surface area contributed by atoms with E-state index in [2.05, 4.69) is 33.3 Å². The van der Waals surface area contributed by atoms with E-state index in [-0.39, 0.29) is 17.1 Å². The van der Waals surface area contributed by atoms with Crippen LogP contribution in [-0.4, -0.2) is 21.0 Å². The van der Waals surface area contributed by atoms with Crippen LogP contribution in [0, 0.1) is 11.7 Å². The molecule has 1 aliphatic carbocycles. The van der Waals surface area contributed by atoms with Gasteiger partial charge in [0.25, 0.3) is 0 Å². The van der Waals surface area contributed by atoms with Gasteiger partial charge in [-0.3, -0.25) is 4.98 Å². The fraction of sp³-hybridized carbons (Fsp3) is 0.346. The van der Waals surface area contributed by atoms with E-state index in [0.717, 1.165) is 46.9 Å². The van der Waals surface area contributed by atoms with Crippen molar-refractivity contribution in [3.8, 4) is 0 Å². The number of nitrogens with one attached hydrogen (secondary N) is 1. The van der Waals surface area contributed by atoms with Crippen molar-refractivity contribution in [3.63, 3.8) is 0 Å². The highest BCUT2D eigenvalue weighted by Crippen LogP contribution is 2.40. The van der Waals surface area contributed by atoms with E-state index >= 15 is 0 Å². The van der Waals surface area contributed by atoms with Crippen LogP contribution in [-0.2, 0) is 0 Å². The highest BCUT2D eigenvalue weighted by atomic mass is 35.5. The maximum absolute atomic E-state index is 13.8. The zero-order chi connectivity index (χ0) is 22.1. The number of pyridine rings is 1. The van der Waals surface area contributed by atoms with Gasteiger partial charge in [-0.25, -0.2) is 14.4 Å². The number of nitrogens with zero attached hydrogens (tertiary/aromatic N) is 3. The maximum Gasteiger partial charge on any atom is 0.224 e. The lowest BCUT2D eigenvalue weighted by Gasteiger charge is -2.31. The molecule has 5 rings (SSSR count).